The summed E-state index contributed by atoms with van der Waals surface area (Å²) in [5.41, 5.74) is 4.32. The monoisotopic (exact) mass is 223 g/mol. The molecule has 0 aliphatic rings. The Hall–Kier alpha value is -2.16. The molecule has 3 aromatic rings. The predicted octanol–water partition coefficient (Wildman–Crippen LogP) is 2.94. The van der Waals surface area contributed by atoms with Crippen molar-refractivity contribution >= 4 is 10.9 Å². The lowest BCUT2D eigenvalue weighted by atomic mass is 10.1. The van der Waals surface area contributed by atoms with E-state index in [2.05, 4.69) is 28.3 Å². The molecule has 0 amide bonds. The van der Waals surface area contributed by atoms with E-state index in [0.717, 1.165) is 27.9 Å². The number of rotatable bonds is 1. The van der Waals surface area contributed by atoms with Crippen molar-refractivity contribution in [2.24, 2.45) is 7.05 Å². The van der Waals surface area contributed by atoms with Crippen LogP contribution in [-0.4, -0.2) is 14.8 Å². The van der Waals surface area contributed by atoms with Crippen LogP contribution in [0.1, 0.15) is 5.69 Å². The molecule has 2 heterocycles. The van der Waals surface area contributed by atoms with Gasteiger partial charge in [0.1, 0.15) is 0 Å². The van der Waals surface area contributed by atoms with E-state index in [0.29, 0.717) is 0 Å². The van der Waals surface area contributed by atoms with Crippen LogP contribution in [0.25, 0.3) is 22.2 Å². The van der Waals surface area contributed by atoms with Crippen LogP contribution < -0.4 is 0 Å². The summed E-state index contributed by atoms with van der Waals surface area (Å²) in [4.78, 5) is 4.53. The lowest BCUT2D eigenvalue weighted by molar-refractivity contribution is 0.797. The Morgan fingerprint density at radius 3 is 2.82 bits per heavy atom. The Morgan fingerprint density at radius 1 is 1.12 bits per heavy atom. The summed E-state index contributed by atoms with van der Waals surface area (Å²) in [5.74, 6) is 0. The average Bonchev–Trinajstić information content (AvgIpc) is 2.71. The van der Waals surface area contributed by atoms with Gasteiger partial charge in [0, 0.05) is 23.7 Å². The molecular formula is C14H13N3. The molecule has 0 N–H and O–H groups in total. The first-order valence-corrected chi connectivity index (χ1v) is 5.60. The zero-order valence-electron chi connectivity index (χ0n) is 9.88. The van der Waals surface area contributed by atoms with Crippen molar-refractivity contribution in [2.45, 2.75) is 6.92 Å². The summed E-state index contributed by atoms with van der Waals surface area (Å²) in [6.07, 6.45) is 1.88. The number of aryl methyl sites for hydroxylation is 2. The molecule has 1 aromatic carbocycles. The highest BCUT2D eigenvalue weighted by Crippen LogP contribution is 2.22. The molecule has 2 aromatic heterocycles. The van der Waals surface area contributed by atoms with Gasteiger partial charge < -0.3 is 0 Å². The molecule has 84 valence electrons. The van der Waals surface area contributed by atoms with E-state index in [9.17, 15) is 0 Å². The Morgan fingerprint density at radius 2 is 2.00 bits per heavy atom. The second-order valence-electron chi connectivity index (χ2n) is 4.21. The lowest BCUT2D eigenvalue weighted by Crippen LogP contribution is -1.89. The van der Waals surface area contributed by atoms with Crippen molar-refractivity contribution in [1.82, 2.24) is 14.8 Å². The highest BCUT2D eigenvalue weighted by molar-refractivity contribution is 5.83. The second kappa shape index (κ2) is 3.70. The zero-order valence-corrected chi connectivity index (χ0v) is 9.88. The van der Waals surface area contributed by atoms with Gasteiger partial charge >= 0.3 is 0 Å². The molecule has 0 spiro atoms. The normalized spacial score (nSPS) is 10.9. The van der Waals surface area contributed by atoms with E-state index in [1.807, 2.05) is 43.0 Å². The molecule has 17 heavy (non-hydrogen) atoms. The van der Waals surface area contributed by atoms with Crippen molar-refractivity contribution in [3.63, 3.8) is 0 Å². The van der Waals surface area contributed by atoms with E-state index >= 15 is 0 Å². The van der Waals surface area contributed by atoms with Gasteiger partial charge in [0.05, 0.1) is 17.4 Å². The minimum Gasteiger partial charge on any atom is -0.268 e. The molecule has 0 atom stereocenters. The molecule has 0 saturated heterocycles. The van der Waals surface area contributed by atoms with Crippen molar-refractivity contribution in [3.8, 4) is 11.3 Å². The fourth-order valence-corrected chi connectivity index (χ4v) is 2.03. The number of benzene rings is 1. The Balaban J connectivity index is 2.18. The van der Waals surface area contributed by atoms with E-state index in [4.69, 9.17) is 0 Å². The van der Waals surface area contributed by atoms with Crippen molar-refractivity contribution in [3.05, 3.63) is 48.3 Å². The van der Waals surface area contributed by atoms with Crippen LogP contribution in [0.2, 0.25) is 0 Å². The molecule has 3 rings (SSSR count). The van der Waals surface area contributed by atoms with E-state index < -0.39 is 0 Å². The fourth-order valence-electron chi connectivity index (χ4n) is 2.03. The second-order valence-corrected chi connectivity index (χ2v) is 4.21. The highest BCUT2D eigenvalue weighted by Gasteiger charge is 2.03. The smallest absolute Gasteiger partial charge is 0.0705 e. The summed E-state index contributed by atoms with van der Waals surface area (Å²) in [5, 5.41) is 5.39. The van der Waals surface area contributed by atoms with Crippen LogP contribution in [0.15, 0.2) is 42.6 Å². The van der Waals surface area contributed by atoms with Crippen LogP contribution in [0.5, 0.6) is 0 Å². The van der Waals surface area contributed by atoms with Gasteiger partial charge in [-0.3, -0.25) is 9.67 Å². The third-order valence-corrected chi connectivity index (χ3v) is 2.93. The fraction of sp³-hybridized carbons (Fsp3) is 0.143. The third-order valence-electron chi connectivity index (χ3n) is 2.93. The van der Waals surface area contributed by atoms with Crippen molar-refractivity contribution in [2.75, 3.05) is 0 Å². The maximum Gasteiger partial charge on any atom is 0.0705 e. The first-order chi connectivity index (χ1) is 8.24. The van der Waals surface area contributed by atoms with Gasteiger partial charge in [0.2, 0.25) is 0 Å². The number of hydrogen-bond acceptors (Lipinski definition) is 2. The van der Waals surface area contributed by atoms with Crippen LogP contribution in [-0.2, 0) is 7.05 Å². The Bertz CT molecular complexity index is 683. The first-order valence-electron chi connectivity index (χ1n) is 5.60. The Kier molecular flexibility index (Phi) is 2.18. The van der Waals surface area contributed by atoms with Gasteiger partial charge in [-0.2, -0.15) is 5.10 Å². The third kappa shape index (κ3) is 1.69. The minimum atomic E-state index is 1.01. The number of aromatic nitrogens is 3. The summed E-state index contributed by atoms with van der Waals surface area (Å²) in [6.45, 7) is 2.01. The minimum absolute atomic E-state index is 1.01. The maximum absolute atomic E-state index is 4.53. The number of fused-ring (bicyclic) bond motifs is 1. The molecular weight excluding hydrogens is 210 g/mol. The van der Waals surface area contributed by atoms with Crippen LogP contribution in [0.3, 0.4) is 0 Å². The molecule has 0 bridgehead atoms. The first kappa shape index (κ1) is 10.0. The van der Waals surface area contributed by atoms with Gasteiger partial charge in [0.15, 0.2) is 0 Å². The van der Waals surface area contributed by atoms with E-state index in [1.165, 1.54) is 0 Å². The molecule has 0 fully saturated rings. The summed E-state index contributed by atoms with van der Waals surface area (Å²) < 4.78 is 1.88. The molecule has 0 unspecified atom stereocenters. The summed E-state index contributed by atoms with van der Waals surface area (Å²) >= 11 is 0. The standard InChI is InChI=1S/C14H13N3/c1-10-4-3-5-13(16-10)11-6-7-14-12(8-11)9-15-17(14)2/h3-9H,1-2H3. The summed E-state index contributed by atoms with van der Waals surface area (Å²) in [7, 11) is 1.95. The quantitative estimate of drug-likeness (QED) is 0.635. The van der Waals surface area contributed by atoms with Gasteiger partial charge in [-0.25, -0.2) is 0 Å². The van der Waals surface area contributed by atoms with Gasteiger partial charge in [-0.05, 0) is 31.2 Å². The van der Waals surface area contributed by atoms with Crippen LogP contribution in [0, 0.1) is 6.92 Å². The van der Waals surface area contributed by atoms with Gasteiger partial charge in [-0.1, -0.05) is 12.1 Å². The Labute approximate surface area is 99.7 Å². The van der Waals surface area contributed by atoms with Crippen molar-refractivity contribution < 1.29 is 0 Å². The van der Waals surface area contributed by atoms with Gasteiger partial charge in [-0.15, -0.1) is 0 Å². The van der Waals surface area contributed by atoms with E-state index in [1.54, 1.807) is 0 Å². The zero-order chi connectivity index (χ0) is 11.8. The molecule has 0 radical (unpaired) electrons. The predicted molar refractivity (Wildman–Crippen MR) is 68.7 cm³/mol. The maximum atomic E-state index is 4.53. The van der Waals surface area contributed by atoms with Crippen LogP contribution >= 0.6 is 0 Å². The molecule has 3 nitrogen and oxygen atoms in total. The molecule has 0 saturated carbocycles. The number of pyridine rings is 1. The average molecular weight is 223 g/mol. The lowest BCUT2D eigenvalue weighted by Gasteiger charge is -2.02. The number of nitrogens with zero attached hydrogens (tertiary/aromatic N) is 3. The van der Waals surface area contributed by atoms with Crippen LogP contribution in [0.4, 0.5) is 0 Å². The molecule has 0 aliphatic carbocycles. The molecule has 3 heteroatoms. The molecule has 0 aliphatic heterocycles. The topological polar surface area (TPSA) is 30.7 Å². The number of hydrogen-bond donors (Lipinski definition) is 0. The summed E-state index contributed by atoms with van der Waals surface area (Å²) in [6, 6.07) is 12.4. The largest absolute Gasteiger partial charge is 0.268 e. The van der Waals surface area contributed by atoms with Crippen molar-refractivity contribution in [1.29, 1.82) is 0 Å². The highest BCUT2D eigenvalue weighted by atomic mass is 15.2. The SMILES string of the molecule is Cc1cccc(-c2ccc3c(cnn3C)c2)n1. The van der Waals surface area contributed by atoms with Gasteiger partial charge in [0.25, 0.3) is 0 Å². The van der Waals surface area contributed by atoms with E-state index in [-0.39, 0.29) is 0 Å².